The van der Waals surface area contributed by atoms with Crippen LogP contribution in [0.3, 0.4) is 0 Å². The van der Waals surface area contributed by atoms with Gasteiger partial charge in [0.05, 0.1) is 17.4 Å². The first-order chi connectivity index (χ1) is 8.34. The van der Waals surface area contributed by atoms with Crippen molar-refractivity contribution < 1.29 is 0 Å². The summed E-state index contributed by atoms with van der Waals surface area (Å²) in [6.45, 7) is 0.917. The van der Waals surface area contributed by atoms with E-state index in [1.807, 2.05) is 12.4 Å². The largest absolute Gasteiger partial charge is 0.326 e. The molecule has 0 saturated heterocycles. The molecule has 2 nitrogen and oxygen atoms in total. The Kier molecular flexibility index (Phi) is 2.53. The molecule has 0 aliphatic carbocycles. The van der Waals surface area contributed by atoms with Crippen LogP contribution in [0.15, 0.2) is 54.9 Å². The van der Waals surface area contributed by atoms with E-state index >= 15 is 0 Å². The topological polar surface area (TPSA) is 17.8 Å². The first kappa shape index (κ1) is 10.3. The van der Waals surface area contributed by atoms with Crippen LogP contribution in [0.4, 0.5) is 0 Å². The van der Waals surface area contributed by atoms with Crippen LogP contribution in [0.5, 0.6) is 0 Å². The van der Waals surface area contributed by atoms with Crippen LogP contribution in [0.25, 0.3) is 11.0 Å². The van der Waals surface area contributed by atoms with Gasteiger partial charge in [0.25, 0.3) is 0 Å². The number of hydrogen-bond acceptors (Lipinski definition) is 1. The third kappa shape index (κ3) is 1.89. The number of para-hydroxylation sites is 2. The van der Waals surface area contributed by atoms with Gasteiger partial charge in [0, 0.05) is 16.8 Å². The Bertz CT molecular complexity index is 658. The van der Waals surface area contributed by atoms with E-state index in [1.165, 1.54) is 16.3 Å². The van der Waals surface area contributed by atoms with Gasteiger partial charge in [0.2, 0.25) is 0 Å². The van der Waals surface area contributed by atoms with Crippen LogP contribution in [0.1, 0.15) is 5.56 Å². The van der Waals surface area contributed by atoms with E-state index in [2.05, 4.69) is 52.0 Å². The van der Waals surface area contributed by atoms with Crippen molar-refractivity contribution in [2.75, 3.05) is 0 Å². The molecular weight excluding hydrogens is 224 g/mol. The van der Waals surface area contributed by atoms with Crippen LogP contribution in [0.2, 0.25) is 0 Å². The molecule has 1 heterocycles. The fourth-order valence-electron chi connectivity index (χ4n) is 2.11. The van der Waals surface area contributed by atoms with Crippen LogP contribution in [-0.4, -0.2) is 19.8 Å². The number of aromatic nitrogens is 2. The molecule has 0 N–H and O–H groups in total. The minimum absolute atomic E-state index is 0.917. The Balaban J connectivity index is 2.03. The number of rotatable bonds is 2. The maximum atomic E-state index is 4.42. The molecule has 3 aromatic rings. The first-order valence-electron chi connectivity index (χ1n) is 5.79. The molecule has 0 spiro atoms. The van der Waals surface area contributed by atoms with Crippen molar-refractivity contribution >= 4 is 26.5 Å². The van der Waals surface area contributed by atoms with E-state index in [4.69, 9.17) is 0 Å². The summed E-state index contributed by atoms with van der Waals surface area (Å²) >= 11 is 0. The molecule has 2 aromatic carbocycles. The van der Waals surface area contributed by atoms with Gasteiger partial charge in [0.15, 0.2) is 0 Å². The van der Waals surface area contributed by atoms with Crippen molar-refractivity contribution in [1.29, 1.82) is 0 Å². The Morgan fingerprint density at radius 1 is 1.00 bits per heavy atom. The maximum absolute atomic E-state index is 4.42. The van der Waals surface area contributed by atoms with Gasteiger partial charge < -0.3 is 4.57 Å². The predicted molar refractivity (Wildman–Crippen MR) is 74.9 cm³/mol. The second-order valence-electron chi connectivity index (χ2n) is 4.29. The van der Waals surface area contributed by atoms with Gasteiger partial charge in [0.1, 0.15) is 0 Å². The van der Waals surface area contributed by atoms with Crippen LogP contribution < -0.4 is 5.19 Å². The third-order valence-electron chi connectivity index (χ3n) is 3.13. The standard InChI is InChI=1S/C14H14N2Si/c17-14-8-4-1-5-11(14)9-16-10-15-12-6-2-3-7-13(12)16/h1-8,10H,9H2,17H3. The summed E-state index contributed by atoms with van der Waals surface area (Å²) in [6, 6.07) is 16.9. The molecule has 17 heavy (non-hydrogen) atoms. The van der Waals surface area contributed by atoms with Crippen molar-refractivity contribution in [3.05, 3.63) is 60.4 Å². The first-order valence-corrected chi connectivity index (χ1v) is 6.79. The van der Waals surface area contributed by atoms with Gasteiger partial charge in [-0.25, -0.2) is 4.98 Å². The van der Waals surface area contributed by atoms with E-state index in [9.17, 15) is 0 Å². The molecule has 0 fully saturated rings. The van der Waals surface area contributed by atoms with Crippen molar-refractivity contribution in [3.63, 3.8) is 0 Å². The molecule has 0 atom stereocenters. The average Bonchev–Trinajstić information content (AvgIpc) is 2.76. The van der Waals surface area contributed by atoms with E-state index < -0.39 is 0 Å². The summed E-state index contributed by atoms with van der Waals surface area (Å²) in [5, 5.41) is 1.46. The lowest BCUT2D eigenvalue weighted by Crippen LogP contribution is -2.12. The molecule has 0 aliphatic rings. The zero-order valence-corrected chi connectivity index (χ0v) is 11.8. The second kappa shape index (κ2) is 4.18. The molecule has 0 saturated carbocycles. The van der Waals surface area contributed by atoms with E-state index in [0.29, 0.717) is 0 Å². The van der Waals surface area contributed by atoms with Crippen molar-refractivity contribution in [2.24, 2.45) is 0 Å². The summed E-state index contributed by atoms with van der Waals surface area (Å²) in [5.41, 5.74) is 3.68. The average molecular weight is 238 g/mol. The zero-order chi connectivity index (χ0) is 11.7. The summed E-state index contributed by atoms with van der Waals surface area (Å²) in [6.07, 6.45) is 1.93. The molecule has 84 valence electrons. The molecule has 0 radical (unpaired) electrons. The highest BCUT2D eigenvalue weighted by molar-refractivity contribution is 6.33. The van der Waals surface area contributed by atoms with Gasteiger partial charge in [-0.1, -0.05) is 41.6 Å². The highest BCUT2D eigenvalue weighted by atomic mass is 28.1. The van der Waals surface area contributed by atoms with E-state index in [-0.39, 0.29) is 0 Å². The van der Waals surface area contributed by atoms with Gasteiger partial charge in [-0.15, -0.1) is 0 Å². The molecule has 0 unspecified atom stereocenters. The molecule has 1 aromatic heterocycles. The fourth-order valence-corrected chi connectivity index (χ4v) is 2.62. The van der Waals surface area contributed by atoms with Crippen molar-refractivity contribution in [2.45, 2.75) is 6.54 Å². The Morgan fingerprint density at radius 2 is 1.76 bits per heavy atom. The third-order valence-corrected chi connectivity index (χ3v) is 4.10. The minimum atomic E-state index is 0.917. The molecule has 0 aliphatic heterocycles. The Hall–Kier alpha value is -1.87. The van der Waals surface area contributed by atoms with Gasteiger partial charge >= 0.3 is 0 Å². The van der Waals surface area contributed by atoms with Gasteiger partial charge in [-0.05, 0) is 17.7 Å². The monoisotopic (exact) mass is 238 g/mol. The maximum Gasteiger partial charge on any atom is 0.0961 e. The molecular formula is C14H14N2Si. The fraction of sp³-hybridized carbons (Fsp3) is 0.0714. The summed E-state index contributed by atoms with van der Waals surface area (Å²) in [4.78, 5) is 4.42. The van der Waals surface area contributed by atoms with E-state index in [0.717, 1.165) is 22.3 Å². The number of hydrogen-bond donors (Lipinski definition) is 0. The number of nitrogens with zero attached hydrogens (tertiary/aromatic N) is 2. The lowest BCUT2D eigenvalue weighted by molar-refractivity contribution is 0.828. The van der Waals surface area contributed by atoms with Crippen molar-refractivity contribution in [3.8, 4) is 0 Å². The van der Waals surface area contributed by atoms with E-state index in [1.54, 1.807) is 0 Å². The lowest BCUT2D eigenvalue weighted by atomic mass is 10.2. The number of imidazole rings is 1. The Labute approximate surface area is 103 Å². The summed E-state index contributed by atoms with van der Waals surface area (Å²) in [7, 11) is 1.09. The van der Waals surface area contributed by atoms with Crippen molar-refractivity contribution in [1.82, 2.24) is 9.55 Å². The van der Waals surface area contributed by atoms with Crippen LogP contribution in [0, 0.1) is 0 Å². The highest BCUT2D eigenvalue weighted by Crippen LogP contribution is 2.13. The minimum Gasteiger partial charge on any atom is -0.326 e. The highest BCUT2D eigenvalue weighted by Gasteiger charge is 2.03. The smallest absolute Gasteiger partial charge is 0.0961 e. The normalized spacial score (nSPS) is 11.1. The second-order valence-corrected chi connectivity index (χ2v) is 5.37. The predicted octanol–water partition coefficient (Wildman–Crippen LogP) is 1.08. The molecule has 0 amide bonds. The van der Waals surface area contributed by atoms with Gasteiger partial charge in [-0.3, -0.25) is 0 Å². The number of fused-ring (bicyclic) bond motifs is 1. The Morgan fingerprint density at radius 3 is 2.65 bits per heavy atom. The molecule has 3 heteroatoms. The quantitative estimate of drug-likeness (QED) is 0.611. The van der Waals surface area contributed by atoms with Crippen LogP contribution in [-0.2, 0) is 6.54 Å². The lowest BCUT2D eigenvalue weighted by Gasteiger charge is -2.07. The zero-order valence-electron chi connectivity index (χ0n) is 9.80. The molecule has 3 rings (SSSR count). The van der Waals surface area contributed by atoms with Crippen LogP contribution >= 0.6 is 0 Å². The van der Waals surface area contributed by atoms with Gasteiger partial charge in [-0.2, -0.15) is 0 Å². The summed E-state index contributed by atoms with van der Waals surface area (Å²) in [5.74, 6) is 0. The SMILES string of the molecule is [SiH3]c1ccccc1Cn1cnc2ccccc21. The molecule has 0 bridgehead atoms. The number of benzene rings is 2. The summed E-state index contributed by atoms with van der Waals surface area (Å²) < 4.78 is 2.21.